The highest BCUT2D eigenvalue weighted by Gasteiger charge is 2.26. The Morgan fingerprint density at radius 1 is 0.903 bits per heavy atom. The number of carbonyl (C=O) groups excluding carboxylic acids is 1. The van der Waals surface area contributed by atoms with Crippen LogP contribution in [0.25, 0.3) is 11.1 Å². The van der Waals surface area contributed by atoms with Crippen LogP contribution in [0.15, 0.2) is 66.7 Å². The standard InChI is InChI=1S/C27H29FN2O/c1-29(2)18-19-4-5-24-17-26(15-12-23(24)16-19)30(3)27(31)22-8-6-20(7-9-22)21-10-13-25(28)14-11-21/h4-11,13-14,16,26H,12,15,17-18H2,1-3H3. The molecule has 1 atom stereocenters. The van der Waals surface area contributed by atoms with E-state index in [0.717, 1.165) is 36.9 Å². The Bertz CT molecular complexity index is 1060. The molecule has 31 heavy (non-hydrogen) atoms. The molecule has 3 aromatic carbocycles. The molecule has 1 amide bonds. The predicted molar refractivity (Wildman–Crippen MR) is 124 cm³/mol. The maximum absolute atomic E-state index is 13.1. The molecule has 4 rings (SSSR count). The third-order valence-corrected chi connectivity index (χ3v) is 6.15. The molecular formula is C27H29FN2O. The molecule has 1 aliphatic rings. The molecule has 0 heterocycles. The molecule has 0 saturated carbocycles. The number of aryl methyl sites for hydroxylation is 1. The summed E-state index contributed by atoms with van der Waals surface area (Å²) in [4.78, 5) is 17.2. The number of hydrogen-bond acceptors (Lipinski definition) is 2. The van der Waals surface area contributed by atoms with Crippen molar-refractivity contribution in [3.8, 4) is 11.1 Å². The van der Waals surface area contributed by atoms with E-state index in [9.17, 15) is 9.18 Å². The summed E-state index contributed by atoms with van der Waals surface area (Å²) in [6.07, 6.45) is 2.88. The van der Waals surface area contributed by atoms with Gasteiger partial charge in [0.15, 0.2) is 0 Å². The Balaban J connectivity index is 1.44. The third kappa shape index (κ3) is 4.86. The Morgan fingerprint density at radius 3 is 2.19 bits per heavy atom. The van der Waals surface area contributed by atoms with Crippen LogP contribution < -0.4 is 0 Å². The van der Waals surface area contributed by atoms with Crippen LogP contribution in [0.2, 0.25) is 0 Å². The highest BCUT2D eigenvalue weighted by molar-refractivity contribution is 5.94. The van der Waals surface area contributed by atoms with Crippen molar-refractivity contribution in [1.82, 2.24) is 9.80 Å². The minimum absolute atomic E-state index is 0.0448. The fourth-order valence-electron chi connectivity index (χ4n) is 4.40. The summed E-state index contributed by atoms with van der Waals surface area (Å²) in [7, 11) is 6.08. The van der Waals surface area contributed by atoms with E-state index in [1.54, 1.807) is 12.1 Å². The summed E-state index contributed by atoms with van der Waals surface area (Å²) in [5.41, 5.74) is 6.70. The molecule has 0 N–H and O–H groups in total. The van der Waals surface area contributed by atoms with Crippen LogP contribution in [-0.4, -0.2) is 42.9 Å². The summed E-state index contributed by atoms with van der Waals surface area (Å²) in [6.45, 7) is 0.947. The van der Waals surface area contributed by atoms with Gasteiger partial charge in [0.25, 0.3) is 5.91 Å². The van der Waals surface area contributed by atoms with Gasteiger partial charge in [-0.2, -0.15) is 0 Å². The lowest BCUT2D eigenvalue weighted by atomic mass is 9.86. The normalized spacial score (nSPS) is 15.6. The molecule has 0 radical (unpaired) electrons. The van der Waals surface area contributed by atoms with Crippen LogP contribution >= 0.6 is 0 Å². The Labute approximate surface area is 184 Å². The number of likely N-dealkylation sites (N-methyl/N-ethyl adjacent to an activating group) is 1. The lowest BCUT2D eigenvalue weighted by molar-refractivity contribution is 0.0719. The van der Waals surface area contributed by atoms with Crippen molar-refractivity contribution in [2.45, 2.75) is 31.8 Å². The first-order valence-electron chi connectivity index (χ1n) is 10.8. The van der Waals surface area contributed by atoms with Gasteiger partial charge in [-0.3, -0.25) is 4.79 Å². The predicted octanol–water partition coefficient (Wildman–Crippen LogP) is 5.18. The topological polar surface area (TPSA) is 23.6 Å². The summed E-state index contributed by atoms with van der Waals surface area (Å²) < 4.78 is 13.1. The van der Waals surface area contributed by atoms with E-state index in [0.29, 0.717) is 5.56 Å². The van der Waals surface area contributed by atoms with Gasteiger partial charge in [0.1, 0.15) is 5.82 Å². The number of halogens is 1. The Morgan fingerprint density at radius 2 is 1.55 bits per heavy atom. The van der Waals surface area contributed by atoms with E-state index in [4.69, 9.17) is 0 Å². The van der Waals surface area contributed by atoms with E-state index in [1.807, 2.05) is 36.2 Å². The highest BCUT2D eigenvalue weighted by atomic mass is 19.1. The number of hydrogen-bond donors (Lipinski definition) is 0. The van der Waals surface area contributed by atoms with Crippen LogP contribution in [-0.2, 0) is 19.4 Å². The number of amides is 1. The number of nitrogens with zero attached hydrogens (tertiary/aromatic N) is 2. The quantitative estimate of drug-likeness (QED) is 0.572. The van der Waals surface area contributed by atoms with E-state index >= 15 is 0 Å². The van der Waals surface area contributed by atoms with Gasteiger partial charge in [-0.05, 0) is 85.4 Å². The average Bonchev–Trinajstić information content (AvgIpc) is 2.78. The van der Waals surface area contributed by atoms with Gasteiger partial charge in [-0.1, -0.05) is 42.5 Å². The van der Waals surface area contributed by atoms with E-state index in [-0.39, 0.29) is 17.8 Å². The molecule has 4 heteroatoms. The SMILES string of the molecule is CN(C)Cc1ccc2c(c1)CCC(N(C)C(=O)c1ccc(-c3ccc(F)cc3)cc1)C2. The van der Waals surface area contributed by atoms with Crippen molar-refractivity contribution >= 4 is 5.91 Å². The van der Waals surface area contributed by atoms with Gasteiger partial charge >= 0.3 is 0 Å². The molecule has 0 fully saturated rings. The van der Waals surface area contributed by atoms with E-state index < -0.39 is 0 Å². The molecular weight excluding hydrogens is 387 g/mol. The fourth-order valence-corrected chi connectivity index (χ4v) is 4.40. The Hall–Kier alpha value is -2.98. The molecule has 0 aliphatic heterocycles. The average molecular weight is 417 g/mol. The molecule has 0 aromatic heterocycles. The van der Waals surface area contributed by atoms with Crippen molar-refractivity contribution < 1.29 is 9.18 Å². The molecule has 3 aromatic rings. The zero-order valence-corrected chi connectivity index (χ0v) is 18.4. The van der Waals surface area contributed by atoms with Gasteiger partial charge < -0.3 is 9.80 Å². The molecule has 0 saturated heterocycles. The zero-order valence-electron chi connectivity index (χ0n) is 18.4. The summed E-state index contributed by atoms with van der Waals surface area (Å²) >= 11 is 0. The van der Waals surface area contributed by atoms with Gasteiger partial charge in [-0.15, -0.1) is 0 Å². The molecule has 1 unspecified atom stereocenters. The van der Waals surface area contributed by atoms with E-state index in [2.05, 4.69) is 37.2 Å². The second kappa shape index (κ2) is 9.03. The van der Waals surface area contributed by atoms with Crippen molar-refractivity contribution in [3.05, 3.63) is 94.8 Å². The largest absolute Gasteiger partial charge is 0.338 e. The monoisotopic (exact) mass is 416 g/mol. The summed E-state index contributed by atoms with van der Waals surface area (Å²) in [5, 5.41) is 0. The minimum atomic E-state index is -0.250. The summed E-state index contributed by atoms with van der Waals surface area (Å²) in [5.74, 6) is -0.205. The van der Waals surface area contributed by atoms with Gasteiger partial charge in [-0.25, -0.2) is 4.39 Å². The van der Waals surface area contributed by atoms with Crippen molar-refractivity contribution in [2.24, 2.45) is 0 Å². The van der Waals surface area contributed by atoms with Crippen LogP contribution in [0.5, 0.6) is 0 Å². The van der Waals surface area contributed by atoms with Crippen LogP contribution in [0.3, 0.4) is 0 Å². The second-order valence-electron chi connectivity index (χ2n) is 8.74. The first kappa shape index (κ1) is 21.3. The van der Waals surface area contributed by atoms with E-state index in [1.165, 1.54) is 28.8 Å². The van der Waals surface area contributed by atoms with Crippen molar-refractivity contribution in [3.63, 3.8) is 0 Å². The smallest absolute Gasteiger partial charge is 0.253 e. The maximum Gasteiger partial charge on any atom is 0.253 e. The number of benzene rings is 3. The minimum Gasteiger partial charge on any atom is -0.338 e. The Kier molecular flexibility index (Phi) is 6.19. The second-order valence-corrected chi connectivity index (χ2v) is 8.74. The molecule has 3 nitrogen and oxygen atoms in total. The third-order valence-electron chi connectivity index (χ3n) is 6.15. The van der Waals surface area contributed by atoms with Crippen molar-refractivity contribution in [1.29, 1.82) is 0 Å². The summed E-state index contributed by atoms with van der Waals surface area (Å²) in [6, 6.07) is 20.9. The first-order valence-corrected chi connectivity index (χ1v) is 10.8. The zero-order chi connectivity index (χ0) is 22.0. The van der Waals surface area contributed by atoms with Crippen LogP contribution in [0, 0.1) is 5.82 Å². The molecule has 0 bridgehead atoms. The number of rotatable bonds is 5. The molecule has 0 spiro atoms. The van der Waals surface area contributed by atoms with Gasteiger partial charge in [0, 0.05) is 25.2 Å². The fraction of sp³-hybridized carbons (Fsp3) is 0.296. The molecule has 1 aliphatic carbocycles. The van der Waals surface area contributed by atoms with Crippen molar-refractivity contribution in [2.75, 3.05) is 21.1 Å². The highest BCUT2D eigenvalue weighted by Crippen LogP contribution is 2.27. The van der Waals surface area contributed by atoms with Gasteiger partial charge in [0.2, 0.25) is 0 Å². The maximum atomic E-state index is 13.1. The lowest BCUT2D eigenvalue weighted by Crippen LogP contribution is -2.40. The number of carbonyl (C=O) groups is 1. The molecule has 160 valence electrons. The lowest BCUT2D eigenvalue weighted by Gasteiger charge is -2.33. The van der Waals surface area contributed by atoms with Crippen LogP contribution in [0.1, 0.15) is 33.5 Å². The number of fused-ring (bicyclic) bond motifs is 1. The first-order chi connectivity index (χ1) is 14.9. The van der Waals surface area contributed by atoms with Gasteiger partial charge in [0.05, 0.1) is 0 Å². The van der Waals surface area contributed by atoms with Crippen LogP contribution in [0.4, 0.5) is 4.39 Å².